The van der Waals surface area contributed by atoms with E-state index < -0.39 is 11.8 Å². The molecule has 1 aliphatic heterocycles. The molecule has 2 aliphatic rings. The number of Topliss-reactive ketones (excluding diaryl/α,β-unsaturated/α-hetero) is 1. The van der Waals surface area contributed by atoms with Crippen molar-refractivity contribution in [3.8, 4) is 0 Å². The zero-order chi connectivity index (χ0) is 18.9. The second kappa shape index (κ2) is 7.25. The molecular weight excluding hydrogens is 342 g/mol. The Labute approximate surface area is 158 Å². The number of carbonyl (C=O) groups is 2. The lowest BCUT2D eigenvalue weighted by Crippen LogP contribution is -2.43. The minimum absolute atomic E-state index is 0.0278. The van der Waals surface area contributed by atoms with Gasteiger partial charge in [0.05, 0.1) is 25.2 Å². The SMILES string of the molecule is CC(=O)N[C@@H](Cc1ccccc1)C(=O)C1CC12OCc1ccccc1CO2. The van der Waals surface area contributed by atoms with Crippen LogP contribution in [0.15, 0.2) is 54.6 Å². The molecule has 0 bridgehead atoms. The monoisotopic (exact) mass is 365 g/mol. The normalized spacial score (nSPS) is 21.0. The molecule has 1 spiro atoms. The van der Waals surface area contributed by atoms with Gasteiger partial charge in [-0.15, -0.1) is 0 Å². The number of amides is 1. The van der Waals surface area contributed by atoms with Gasteiger partial charge in [-0.1, -0.05) is 54.6 Å². The standard InChI is InChI=1S/C22H23NO4/c1-15(24)23-20(11-16-7-3-2-4-8-16)21(25)19-12-22(19)26-13-17-9-5-6-10-18(17)14-27-22/h2-10,19-20H,11-14H2,1H3,(H,23,24)/t19?,20-/m0/s1. The van der Waals surface area contributed by atoms with E-state index in [1.807, 2.05) is 54.6 Å². The van der Waals surface area contributed by atoms with Crippen molar-refractivity contribution in [1.29, 1.82) is 0 Å². The van der Waals surface area contributed by atoms with Crippen molar-refractivity contribution < 1.29 is 19.1 Å². The summed E-state index contributed by atoms with van der Waals surface area (Å²) < 4.78 is 12.0. The predicted octanol–water partition coefficient (Wildman–Crippen LogP) is 2.77. The Morgan fingerprint density at radius 3 is 2.22 bits per heavy atom. The third-order valence-electron chi connectivity index (χ3n) is 5.27. The molecule has 1 N–H and O–H groups in total. The lowest BCUT2D eigenvalue weighted by atomic mass is 9.99. The average molecular weight is 365 g/mol. The molecule has 5 heteroatoms. The molecule has 0 saturated heterocycles. The molecule has 2 aromatic rings. The molecule has 27 heavy (non-hydrogen) atoms. The summed E-state index contributed by atoms with van der Waals surface area (Å²) in [7, 11) is 0. The molecule has 0 aromatic heterocycles. The summed E-state index contributed by atoms with van der Waals surface area (Å²) in [5.74, 6) is -1.45. The van der Waals surface area contributed by atoms with E-state index in [1.54, 1.807) is 0 Å². The highest BCUT2D eigenvalue weighted by molar-refractivity contribution is 5.93. The number of carbonyl (C=O) groups excluding carboxylic acids is 2. The molecule has 1 fully saturated rings. The van der Waals surface area contributed by atoms with Crippen molar-refractivity contribution in [2.24, 2.45) is 5.92 Å². The van der Waals surface area contributed by atoms with Crippen LogP contribution in [0.4, 0.5) is 0 Å². The van der Waals surface area contributed by atoms with Crippen LogP contribution in [-0.2, 0) is 38.7 Å². The van der Waals surface area contributed by atoms with Gasteiger partial charge < -0.3 is 14.8 Å². The molecule has 1 saturated carbocycles. The van der Waals surface area contributed by atoms with Crippen LogP contribution in [0.2, 0.25) is 0 Å². The van der Waals surface area contributed by atoms with Crippen molar-refractivity contribution in [1.82, 2.24) is 5.32 Å². The summed E-state index contributed by atoms with van der Waals surface area (Å²) >= 11 is 0. The number of hydrogen-bond donors (Lipinski definition) is 1. The second-order valence-electron chi connectivity index (χ2n) is 7.26. The van der Waals surface area contributed by atoms with Crippen LogP contribution < -0.4 is 5.32 Å². The number of ether oxygens (including phenoxy) is 2. The van der Waals surface area contributed by atoms with Gasteiger partial charge in [0.2, 0.25) is 5.91 Å². The summed E-state index contributed by atoms with van der Waals surface area (Å²) in [6.07, 6.45) is 0.997. The molecule has 1 unspecified atom stereocenters. The van der Waals surface area contributed by atoms with Crippen LogP contribution in [-0.4, -0.2) is 23.5 Å². The summed E-state index contributed by atoms with van der Waals surface area (Å²) in [6.45, 7) is 2.30. The fourth-order valence-corrected chi connectivity index (χ4v) is 3.70. The number of benzene rings is 2. The first-order valence-corrected chi connectivity index (χ1v) is 9.27. The number of rotatable bonds is 5. The molecule has 1 aliphatic carbocycles. The number of hydrogen-bond acceptors (Lipinski definition) is 4. The highest BCUT2D eigenvalue weighted by Gasteiger charge is 2.62. The van der Waals surface area contributed by atoms with E-state index >= 15 is 0 Å². The van der Waals surface area contributed by atoms with Crippen molar-refractivity contribution in [2.45, 2.75) is 44.8 Å². The first kappa shape index (κ1) is 17.9. The third-order valence-corrected chi connectivity index (χ3v) is 5.27. The third kappa shape index (κ3) is 3.80. The summed E-state index contributed by atoms with van der Waals surface area (Å²) in [6, 6.07) is 17.1. The van der Waals surface area contributed by atoms with Crippen LogP contribution >= 0.6 is 0 Å². The fraction of sp³-hybridized carbons (Fsp3) is 0.364. The topological polar surface area (TPSA) is 64.6 Å². The molecule has 2 aromatic carbocycles. The van der Waals surface area contributed by atoms with Gasteiger partial charge >= 0.3 is 0 Å². The minimum atomic E-state index is -0.858. The Hall–Kier alpha value is -2.50. The van der Waals surface area contributed by atoms with E-state index in [4.69, 9.17) is 9.47 Å². The lowest BCUT2D eigenvalue weighted by Gasteiger charge is -2.20. The first-order valence-electron chi connectivity index (χ1n) is 9.27. The fourth-order valence-electron chi connectivity index (χ4n) is 3.70. The maximum Gasteiger partial charge on any atom is 0.217 e. The van der Waals surface area contributed by atoms with Crippen LogP contribution in [0.1, 0.15) is 30.0 Å². The quantitative estimate of drug-likeness (QED) is 0.885. The van der Waals surface area contributed by atoms with Gasteiger partial charge in [0.25, 0.3) is 0 Å². The average Bonchev–Trinajstić information content (AvgIpc) is 3.43. The maximum atomic E-state index is 13.1. The summed E-state index contributed by atoms with van der Waals surface area (Å²) in [5.41, 5.74) is 3.19. The zero-order valence-corrected chi connectivity index (χ0v) is 15.3. The molecule has 2 atom stereocenters. The number of ketones is 1. The lowest BCUT2D eigenvalue weighted by molar-refractivity contribution is -0.185. The Balaban J connectivity index is 1.47. The highest BCUT2D eigenvalue weighted by atomic mass is 16.7. The molecule has 140 valence electrons. The Morgan fingerprint density at radius 2 is 1.63 bits per heavy atom. The van der Waals surface area contributed by atoms with E-state index in [0.717, 1.165) is 16.7 Å². The van der Waals surface area contributed by atoms with Crippen LogP contribution in [0.5, 0.6) is 0 Å². The van der Waals surface area contributed by atoms with E-state index in [9.17, 15) is 9.59 Å². The van der Waals surface area contributed by atoms with Crippen LogP contribution in [0, 0.1) is 5.92 Å². The van der Waals surface area contributed by atoms with Gasteiger partial charge in [-0.2, -0.15) is 0 Å². The molecule has 1 heterocycles. The number of nitrogens with one attached hydrogen (secondary N) is 1. The molecule has 4 rings (SSSR count). The first-order chi connectivity index (χ1) is 13.1. The Bertz CT molecular complexity index is 821. The van der Waals surface area contributed by atoms with Gasteiger partial charge in [-0.05, 0) is 23.1 Å². The molecule has 0 radical (unpaired) electrons. The van der Waals surface area contributed by atoms with Crippen molar-refractivity contribution >= 4 is 11.7 Å². The zero-order valence-electron chi connectivity index (χ0n) is 15.3. The molecular formula is C22H23NO4. The predicted molar refractivity (Wildman–Crippen MR) is 99.6 cm³/mol. The highest BCUT2D eigenvalue weighted by Crippen LogP contribution is 2.51. The summed E-state index contributed by atoms with van der Waals surface area (Å²) in [4.78, 5) is 24.8. The second-order valence-corrected chi connectivity index (χ2v) is 7.26. The van der Waals surface area contributed by atoms with E-state index in [-0.39, 0.29) is 17.6 Å². The van der Waals surface area contributed by atoms with Gasteiger partial charge in [-0.25, -0.2) is 0 Å². The van der Waals surface area contributed by atoms with Crippen LogP contribution in [0.3, 0.4) is 0 Å². The van der Waals surface area contributed by atoms with E-state index in [2.05, 4.69) is 5.32 Å². The Kier molecular flexibility index (Phi) is 4.81. The van der Waals surface area contributed by atoms with E-state index in [0.29, 0.717) is 26.1 Å². The number of fused-ring (bicyclic) bond motifs is 1. The smallest absolute Gasteiger partial charge is 0.217 e. The van der Waals surface area contributed by atoms with Gasteiger partial charge in [0.1, 0.15) is 0 Å². The Morgan fingerprint density at radius 1 is 1.04 bits per heavy atom. The van der Waals surface area contributed by atoms with Gasteiger partial charge in [0, 0.05) is 13.3 Å². The van der Waals surface area contributed by atoms with Crippen molar-refractivity contribution in [2.75, 3.05) is 0 Å². The van der Waals surface area contributed by atoms with Gasteiger partial charge in [-0.3, -0.25) is 9.59 Å². The van der Waals surface area contributed by atoms with E-state index in [1.165, 1.54) is 6.92 Å². The largest absolute Gasteiger partial charge is 0.346 e. The van der Waals surface area contributed by atoms with Crippen LogP contribution in [0.25, 0.3) is 0 Å². The molecule has 1 amide bonds. The van der Waals surface area contributed by atoms with Gasteiger partial charge in [0.15, 0.2) is 11.6 Å². The minimum Gasteiger partial charge on any atom is -0.346 e. The molecule has 5 nitrogen and oxygen atoms in total. The van der Waals surface area contributed by atoms with Crippen molar-refractivity contribution in [3.05, 3.63) is 71.3 Å². The van der Waals surface area contributed by atoms with Crippen molar-refractivity contribution in [3.63, 3.8) is 0 Å². The summed E-state index contributed by atoms with van der Waals surface area (Å²) in [5, 5.41) is 2.80. The maximum absolute atomic E-state index is 13.1.